The molecule has 1 amide bonds. The molecule has 0 bridgehead atoms. The van der Waals surface area contributed by atoms with Crippen LogP contribution in [0.2, 0.25) is 4.34 Å². The van der Waals surface area contributed by atoms with Gasteiger partial charge < -0.3 is 4.74 Å². The molecule has 0 saturated carbocycles. The van der Waals surface area contributed by atoms with Crippen molar-refractivity contribution in [3.8, 4) is 0 Å². The van der Waals surface area contributed by atoms with Crippen LogP contribution in [0.15, 0.2) is 40.6 Å². The standard InChI is InChI=1S/C23H27ClN4O4S3/c24-20-8-9-21(34-20)35(30,31)28-12-3-6-18(28)22(29)27(11-4-10-26-13-15-32-16-14-26)23-25-17-5-1-2-7-19(17)33-23/h1-2,5,7-9,18H,3-4,6,10-16H2. The molecule has 2 saturated heterocycles. The van der Waals surface area contributed by atoms with Gasteiger partial charge in [0.1, 0.15) is 10.3 Å². The van der Waals surface area contributed by atoms with E-state index in [0.717, 1.165) is 60.8 Å². The van der Waals surface area contributed by atoms with E-state index in [4.69, 9.17) is 21.3 Å². The molecule has 2 aromatic heterocycles. The second kappa shape index (κ2) is 10.8. The minimum absolute atomic E-state index is 0.168. The molecule has 2 fully saturated rings. The number of amides is 1. The number of sulfonamides is 1. The quantitative estimate of drug-likeness (QED) is 0.420. The van der Waals surface area contributed by atoms with Crippen molar-refractivity contribution in [3.05, 3.63) is 40.7 Å². The number of anilines is 1. The van der Waals surface area contributed by atoms with Crippen LogP contribution in [0.1, 0.15) is 19.3 Å². The first-order valence-corrected chi connectivity index (χ1v) is 15.1. The van der Waals surface area contributed by atoms with Gasteiger partial charge in [0.2, 0.25) is 5.91 Å². The number of aromatic nitrogens is 1. The predicted molar refractivity (Wildman–Crippen MR) is 140 cm³/mol. The van der Waals surface area contributed by atoms with Gasteiger partial charge in [0, 0.05) is 32.7 Å². The minimum Gasteiger partial charge on any atom is -0.379 e. The first-order valence-electron chi connectivity index (χ1n) is 11.7. The average molecular weight is 555 g/mol. The zero-order chi connectivity index (χ0) is 24.4. The van der Waals surface area contributed by atoms with E-state index in [0.29, 0.717) is 35.4 Å². The molecule has 1 aromatic carbocycles. The number of hydrogen-bond donors (Lipinski definition) is 0. The minimum atomic E-state index is -3.81. The summed E-state index contributed by atoms with van der Waals surface area (Å²) in [5.74, 6) is -0.213. The number of ether oxygens (including phenoxy) is 1. The van der Waals surface area contributed by atoms with Crippen LogP contribution < -0.4 is 4.90 Å². The predicted octanol–water partition coefficient (Wildman–Crippen LogP) is 3.92. The summed E-state index contributed by atoms with van der Waals surface area (Å²) in [4.78, 5) is 22.7. The number of thiazole rings is 1. The molecule has 1 unspecified atom stereocenters. The molecular formula is C23H27ClN4O4S3. The molecule has 1 atom stereocenters. The number of para-hydroxylation sites is 1. The third kappa shape index (κ3) is 5.41. The molecule has 3 aromatic rings. The van der Waals surface area contributed by atoms with Crippen molar-refractivity contribution in [1.82, 2.24) is 14.2 Å². The van der Waals surface area contributed by atoms with Gasteiger partial charge in [-0.25, -0.2) is 13.4 Å². The molecule has 0 spiro atoms. The van der Waals surface area contributed by atoms with E-state index in [-0.39, 0.29) is 10.1 Å². The van der Waals surface area contributed by atoms with Gasteiger partial charge in [-0.2, -0.15) is 4.31 Å². The number of benzene rings is 1. The zero-order valence-electron chi connectivity index (χ0n) is 19.1. The number of carbonyl (C=O) groups excluding carboxylic acids is 1. The lowest BCUT2D eigenvalue weighted by molar-refractivity contribution is -0.121. The van der Waals surface area contributed by atoms with Gasteiger partial charge in [-0.05, 0) is 43.5 Å². The van der Waals surface area contributed by atoms with Gasteiger partial charge in [-0.3, -0.25) is 14.6 Å². The molecule has 2 aliphatic rings. The Hall–Kier alpha value is -1.60. The molecular weight excluding hydrogens is 528 g/mol. The average Bonchev–Trinajstić information content (AvgIpc) is 3.61. The summed E-state index contributed by atoms with van der Waals surface area (Å²) < 4.78 is 35.1. The SMILES string of the molecule is O=C(C1CCCN1S(=O)(=O)c1ccc(Cl)s1)N(CCCN1CCOCC1)c1nc2ccccc2s1. The van der Waals surface area contributed by atoms with Gasteiger partial charge in [0.05, 0.1) is 27.8 Å². The smallest absolute Gasteiger partial charge is 0.253 e. The van der Waals surface area contributed by atoms with E-state index in [9.17, 15) is 13.2 Å². The number of thiophene rings is 1. The van der Waals surface area contributed by atoms with Crippen LogP contribution in [0.3, 0.4) is 0 Å². The number of carbonyl (C=O) groups is 1. The number of rotatable bonds is 8. The van der Waals surface area contributed by atoms with E-state index >= 15 is 0 Å². The number of fused-ring (bicyclic) bond motifs is 1. The van der Waals surface area contributed by atoms with Crippen LogP contribution in [0.5, 0.6) is 0 Å². The van der Waals surface area contributed by atoms with Crippen LogP contribution in [0, 0.1) is 0 Å². The third-order valence-electron chi connectivity index (χ3n) is 6.34. The second-order valence-electron chi connectivity index (χ2n) is 8.59. The lowest BCUT2D eigenvalue weighted by atomic mass is 10.2. The summed E-state index contributed by atoms with van der Waals surface area (Å²) in [6, 6.07) is 10.1. The Balaban J connectivity index is 1.40. The lowest BCUT2D eigenvalue weighted by Gasteiger charge is -2.30. The molecule has 5 rings (SSSR count). The molecule has 0 radical (unpaired) electrons. The van der Waals surface area contributed by atoms with Gasteiger partial charge in [-0.15, -0.1) is 11.3 Å². The van der Waals surface area contributed by atoms with E-state index in [1.165, 1.54) is 21.7 Å². The van der Waals surface area contributed by atoms with Crippen molar-refractivity contribution in [2.24, 2.45) is 0 Å². The van der Waals surface area contributed by atoms with Crippen LogP contribution in [-0.4, -0.2) is 80.5 Å². The largest absolute Gasteiger partial charge is 0.379 e. The van der Waals surface area contributed by atoms with Crippen LogP contribution in [0.4, 0.5) is 5.13 Å². The van der Waals surface area contributed by atoms with Crippen molar-refractivity contribution in [2.45, 2.75) is 29.5 Å². The Morgan fingerprint density at radius 1 is 1.14 bits per heavy atom. The maximum absolute atomic E-state index is 13.9. The number of hydrogen-bond acceptors (Lipinski definition) is 8. The van der Waals surface area contributed by atoms with E-state index in [1.54, 1.807) is 11.0 Å². The normalized spacial score (nSPS) is 20.0. The third-order valence-corrected chi connectivity index (χ3v) is 11.0. The number of nitrogens with zero attached hydrogens (tertiary/aromatic N) is 4. The molecule has 0 aliphatic carbocycles. The van der Waals surface area contributed by atoms with Crippen molar-refractivity contribution >= 4 is 65.6 Å². The topological polar surface area (TPSA) is 83.1 Å². The van der Waals surface area contributed by atoms with E-state index in [1.807, 2.05) is 24.3 Å². The summed E-state index contributed by atoms with van der Waals surface area (Å²) in [5, 5.41) is 0.613. The molecule has 35 heavy (non-hydrogen) atoms. The second-order valence-corrected chi connectivity index (χ2v) is 13.4. The fourth-order valence-corrected chi connectivity index (χ4v) is 8.82. The summed E-state index contributed by atoms with van der Waals surface area (Å²) in [6.45, 7) is 4.85. The molecule has 12 heteroatoms. The first-order chi connectivity index (χ1) is 16.9. The highest BCUT2D eigenvalue weighted by molar-refractivity contribution is 7.91. The maximum Gasteiger partial charge on any atom is 0.253 e. The fourth-order valence-electron chi connectivity index (χ4n) is 4.56. The molecule has 8 nitrogen and oxygen atoms in total. The number of halogens is 1. The van der Waals surface area contributed by atoms with Crippen LogP contribution in [0.25, 0.3) is 10.2 Å². The fraction of sp³-hybridized carbons (Fsp3) is 0.478. The van der Waals surface area contributed by atoms with Gasteiger partial charge in [0.25, 0.3) is 10.0 Å². The Morgan fingerprint density at radius 2 is 1.94 bits per heavy atom. The molecule has 0 N–H and O–H groups in total. The zero-order valence-corrected chi connectivity index (χ0v) is 22.3. The molecule has 188 valence electrons. The van der Waals surface area contributed by atoms with Crippen LogP contribution in [-0.2, 0) is 19.6 Å². The van der Waals surface area contributed by atoms with Gasteiger partial charge in [0.15, 0.2) is 5.13 Å². The highest BCUT2D eigenvalue weighted by atomic mass is 35.5. The summed E-state index contributed by atoms with van der Waals surface area (Å²) in [5.41, 5.74) is 0.836. The Labute approximate surface area is 218 Å². The van der Waals surface area contributed by atoms with Crippen molar-refractivity contribution in [2.75, 3.05) is 50.8 Å². The Morgan fingerprint density at radius 3 is 2.69 bits per heavy atom. The lowest BCUT2D eigenvalue weighted by Crippen LogP contribution is -2.48. The summed E-state index contributed by atoms with van der Waals surface area (Å²) >= 11 is 8.49. The maximum atomic E-state index is 13.9. The molecule has 4 heterocycles. The summed E-state index contributed by atoms with van der Waals surface area (Å²) in [6.07, 6.45) is 1.89. The highest BCUT2D eigenvalue weighted by Crippen LogP contribution is 2.35. The van der Waals surface area contributed by atoms with Crippen LogP contribution >= 0.6 is 34.3 Å². The van der Waals surface area contributed by atoms with Crippen molar-refractivity contribution < 1.29 is 17.9 Å². The monoisotopic (exact) mass is 554 g/mol. The van der Waals surface area contributed by atoms with Gasteiger partial charge in [-0.1, -0.05) is 35.1 Å². The van der Waals surface area contributed by atoms with E-state index < -0.39 is 16.1 Å². The molecule has 2 aliphatic heterocycles. The van der Waals surface area contributed by atoms with Crippen molar-refractivity contribution in [3.63, 3.8) is 0 Å². The Kier molecular flexibility index (Phi) is 7.73. The van der Waals surface area contributed by atoms with Gasteiger partial charge >= 0.3 is 0 Å². The van der Waals surface area contributed by atoms with E-state index in [2.05, 4.69) is 4.90 Å². The summed E-state index contributed by atoms with van der Waals surface area (Å²) in [7, 11) is -3.81. The highest BCUT2D eigenvalue weighted by Gasteiger charge is 2.42. The van der Waals surface area contributed by atoms with Crippen molar-refractivity contribution in [1.29, 1.82) is 0 Å². The first kappa shape index (κ1) is 25.1. The number of morpholine rings is 1. The Bertz CT molecular complexity index is 1260.